The highest BCUT2D eigenvalue weighted by atomic mass is 35.5. The first-order chi connectivity index (χ1) is 5.57. The summed E-state index contributed by atoms with van der Waals surface area (Å²) in [6, 6.07) is -0.173. The molecule has 1 heterocycles. The van der Waals surface area contributed by atoms with E-state index >= 15 is 0 Å². The predicted molar refractivity (Wildman–Crippen MR) is 41.0 cm³/mol. The van der Waals surface area contributed by atoms with Gasteiger partial charge < -0.3 is 51.2 Å². The molecule has 0 aromatic carbocycles. The molecule has 0 spiro atoms. The van der Waals surface area contributed by atoms with Crippen molar-refractivity contribution in [1.29, 1.82) is 0 Å². The zero-order valence-electron chi connectivity index (χ0n) is 7.98. The van der Waals surface area contributed by atoms with Crippen LogP contribution >= 0.6 is 0 Å². The molecule has 0 amide bonds. The summed E-state index contributed by atoms with van der Waals surface area (Å²) in [5, 5.41) is 30.0. The van der Waals surface area contributed by atoms with Gasteiger partial charge in [0.1, 0.15) is 30.9 Å². The number of quaternary nitrogens is 2. The molecule has 0 saturated carbocycles. The van der Waals surface area contributed by atoms with Gasteiger partial charge in [0.05, 0.1) is 0 Å². The van der Waals surface area contributed by atoms with Crippen LogP contribution in [0.5, 0.6) is 0 Å². The Morgan fingerprint density at radius 2 is 1.57 bits per heavy atom. The minimum Gasteiger partial charge on any atom is -1.00 e. The van der Waals surface area contributed by atoms with Crippen molar-refractivity contribution in [2.24, 2.45) is 0 Å². The van der Waals surface area contributed by atoms with Crippen LogP contribution in [0.3, 0.4) is 0 Å². The van der Waals surface area contributed by atoms with Crippen molar-refractivity contribution in [2.75, 3.05) is 6.54 Å². The zero-order chi connectivity index (χ0) is 9.30. The Morgan fingerprint density at radius 3 is 2.00 bits per heavy atom. The fourth-order valence-corrected chi connectivity index (χ4v) is 1.65. The Balaban J connectivity index is 0. The van der Waals surface area contributed by atoms with Crippen molar-refractivity contribution in [1.82, 2.24) is 0 Å². The van der Waals surface area contributed by atoms with Crippen LogP contribution < -0.4 is 35.9 Å². The van der Waals surface area contributed by atoms with Gasteiger partial charge in [-0.3, -0.25) is 0 Å². The van der Waals surface area contributed by atoms with Crippen molar-refractivity contribution < 1.29 is 51.2 Å². The number of piperidine rings is 1. The van der Waals surface area contributed by atoms with Crippen molar-refractivity contribution >= 4 is 0 Å². The van der Waals surface area contributed by atoms with Crippen LogP contribution in [-0.2, 0) is 0 Å². The third-order valence-corrected chi connectivity index (χ3v) is 2.56. The van der Waals surface area contributed by atoms with Crippen LogP contribution in [0, 0.1) is 0 Å². The normalized spacial score (nSPS) is 42.2. The summed E-state index contributed by atoms with van der Waals surface area (Å²) in [6.07, 6.45) is -2.74. The van der Waals surface area contributed by atoms with E-state index in [-0.39, 0.29) is 36.9 Å². The second-order valence-corrected chi connectivity index (χ2v) is 3.48. The number of halogens is 2. The van der Waals surface area contributed by atoms with Gasteiger partial charge in [0.2, 0.25) is 0 Å². The first-order valence-corrected chi connectivity index (χ1v) is 4.26. The van der Waals surface area contributed by atoms with Crippen molar-refractivity contribution in [2.45, 2.75) is 37.3 Å². The molecule has 5 atom stereocenters. The SMILES string of the molecule is C[C@@H]1[NH2+][C@@H](C[NH3+])[C@@H](O)[C@H](O)[C@@H]1O.[Cl-].[Cl-]. The van der Waals surface area contributed by atoms with E-state index in [4.69, 9.17) is 0 Å². The fourth-order valence-electron chi connectivity index (χ4n) is 1.65. The monoisotopic (exact) mass is 248 g/mol. The number of aliphatic hydroxyl groups excluding tert-OH is 3. The molecule has 1 rings (SSSR count). The molecule has 0 aliphatic carbocycles. The minimum absolute atomic E-state index is 0. The number of hydrogen-bond donors (Lipinski definition) is 5. The van der Waals surface area contributed by atoms with Crippen molar-refractivity contribution in [3.63, 3.8) is 0 Å². The Bertz CT molecular complexity index is 159. The van der Waals surface area contributed by atoms with Gasteiger partial charge in [0.15, 0.2) is 6.04 Å². The molecule has 0 unspecified atom stereocenters. The Hall–Kier alpha value is 0.380. The molecule has 1 fully saturated rings. The largest absolute Gasteiger partial charge is 1.00 e. The van der Waals surface area contributed by atoms with Crippen LogP contribution in [0.25, 0.3) is 0 Å². The van der Waals surface area contributed by atoms with Crippen LogP contribution in [0.2, 0.25) is 0 Å². The number of nitrogens with two attached hydrogens (primary N) is 1. The van der Waals surface area contributed by atoms with Crippen LogP contribution in [0.1, 0.15) is 6.92 Å². The molecule has 1 aliphatic rings. The zero-order valence-corrected chi connectivity index (χ0v) is 9.49. The molecule has 1 aliphatic heterocycles. The summed E-state index contributed by atoms with van der Waals surface area (Å²) in [4.78, 5) is 0. The van der Waals surface area contributed by atoms with E-state index in [1.165, 1.54) is 0 Å². The highest BCUT2D eigenvalue weighted by molar-refractivity contribution is 4.86. The van der Waals surface area contributed by atoms with E-state index in [9.17, 15) is 15.3 Å². The van der Waals surface area contributed by atoms with Gasteiger partial charge in [-0.25, -0.2) is 0 Å². The third-order valence-electron chi connectivity index (χ3n) is 2.56. The maximum atomic E-state index is 9.44. The van der Waals surface area contributed by atoms with Gasteiger partial charge in [-0.2, -0.15) is 0 Å². The highest BCUT2D eigenvalue weighted by Gasteiger charge is 2.43. The number of hydrogen-bond acceptors (Lipinski definition) is 3. The molecule has 8 N–H and O–H groups in total. The molecule has 5 nitrogen and oxygen atoms in total. The first-order valence-electron chi connectivity index (χ1n) is 4.26. The lowest BCUT2D eigenvalue weighted by Gasteiger charge is -2.35. The molecule has 1 saturated heterocycles. The summed E-state index contributed by atoms with van der Waals surface area (Å²) in [6.45, 7) is 2.37. The topological polar surface area (TPSA) is 105 Å². The second-order valence-electron chi connectivity index (χ2n) is 3.48. The van der Waals surface area contributed by atoms with E-state index in [0.717, 1.165) is 0 Å². The molecule has 7 heteroatoms. The highest BCUT2D eigenvalue weighted by Crippen LogP contribution is 2.08. The maximum absolute atomic E-state index is 9.44. The summed E-state index contributed by atoms with van der Waals surface area (Å²) < 4.78 is 0. The minimum atomic E-state index is -1.03. The van der Waals surface area contributed by atoms with Crippen molar-refractivity contribution in [3.8, 4) is 0 Å². The molecule has 88 valence electrons. The first kappa shape index (κ1) is 16.8. The van der Waals surface area contributed by atoms with Crippen LogP contribution in [0.4, 0.5) is 0 Å². The average Bonchev–Trinajstić information content (AvgIpc) is 2.08. The molecule has 14 heavy (non-hydrogen) atoms. The van der Waals surface area contributed by atoms with E-state index in [1.54, 1.807) is 0 Å². The third kappa shape index (κ3) is 3.20. The van der Waals surface area contributed by atoms with Crippen LogP contribution in [-0.4, -0.2) is 52.3 Å². The Morgan fingerprint density at radius 1 is 1.07 bits per heavy atom. The summed E-state index contributed by atoms with van der Waals surface area (Å²) in [5.41, 5.74) is 3.67. The van der Waals surface area contributed by atoms with E-state index in [1.807, 2.05) is 12.2 Å². The van der Waals surface area contributed by atoms with Gasteiger partial charge in [0, 0.05) is 0 Å². The van der Waals surface area contributed by atoms with E-state index in [0.29, 0.717) is 6.54 Å². The van der Waals surface area contributed by atoms with Gasteiger partial charge in [-0.15, -0.1) is 0 Å². The van der Waals surface area contributed by atoms with Crippen molar-refractivity contribution in [3.05, 3.63) is 0 Å². The molecule has 0 aromatic rings. The fraction of sp³-hybridized carbons (Fsp3) is 1.00. The number of aliphatic hydroxyl groups is 3. The Kier molecular flexibility index (Phi) is 8.15. The average molecular weight is 249 g/mol. The molecular weight excluding hydrogens is 231 g/mol. The summed E-state index contributed by atoms with van der Waals surface area (Å²) in [5.74, 6) is 0. The van der Waals surface area contributed by atoms with E-state index in [2.05, 4.69) is 5.73 Å². The van der Waals surface area contributed by atoms with Gasteiger partial charge in [0.25, 0.3) is 0 Å². The van der Waals surface area contributed by atoms with Gasteiger partial charge >= 0.3 is 0 Å². The smallest absolute Gasteiger partial charge is 0.164 e. The number of rotatable bonds is 1. The lowest BCUT2D eigenvalue weighted by atomic mass is 9.91. The molecule has 0 radical (unpaired) electrons. The lowest BCUT2D eigenvalue weighted by Crippen LogP contribution is -3.05. The second kappa shape index (κ2) is 6.79. The quantitative estimate of drug-likeness (QED) is 0.318. The van der Waals surface area contributed by atoms with Crippen LogP contribution in [0.15, 0.2) is 0 Å². The molecule has 0 bridgehead atoms. The maximum Gasteiger partial charge on any atom is 0.164 e. The lowest BCUT2D eigenvalue weighted by molar-refractivity contribution is -0.757. The molecule has 0 aromatic heterocycles. The summed E-state index contributed by atoms with van der Waals surface area (Å²) in [7, 11) is 0. The standard InChI is InChI=1S/C7H16N2O3.2ClH/c1-3-5(10)7(12)6(11)4(2-8)9-3;;/h3-7,9-12H,2,8H2,1H3;2*1H/t3-,4-,5+,6+,7+;;/m0../s1. The van der Waals surface area contributed by atoms with Gasteiger partial charge in [-0.1, -0.05) is 0 Å². The Labute approximate surface area is 95.5 Å². The summed E-state index contributed by atoms with van der Waals surface area (Å²) >= 11 is 0. The molecular formula is C7H18Cl2N2O3. The predicted octanol–water partition coefficient (Wildman–Crippen LogP) is -10.3. The van der Waals surface area contributed by atoms with Gasteiger partial charge in [-0.05, 0) is 6.92 Å². The van der Waals surface area contributed by atoms with E-state index < -0.39 is 18.3 Å².